The van der Waals surface area contributed by atoms with Crippen LogP contribution in [0.25, 0.3) is 0 Å². The van der Waals surface area contributed by atoms with Crippen LogP contribution in [0.15, 0.2) is 29.3 Å². The second kappa shape index (κ2) is 8.93. The molecule has 0 amide bonds. The van der Waals surface area contributed by atoms with Crippen molar-refractivity contribution >= 4 is 5.96 Å². The smallest absolute Gasteiger partial charge is 0.376 e. The maximum absolute atomic E-state index is 12.6. The van der Waals surface area contributed by atoms with Crippen LogP contribution in [0.2, 0.25) is 0 Å². The maximum atomic E-state index is 12.6. The summed E-state index contributed by atoms with van der Waals surface area (Å²) in [6, 6.07) is 5.70. The Morgan fingerprint density at radius 2 is 2.04 bits per heavy atom. The van der Waals surface area contributed by atoms with E-state index in [1.165, 1.54) is 0 Å². The van der Waals surface area contributed by atoms with E-state index in [4.69, 9.17) is 4.74 Å². The summed E-state index contributed by atoms with van der Waals surface area (Å²) in [5.41, 5.74) is 0.290. The highest BCUT2D eigenvalue weighted by Gasteiger charge is 2.30. The summed E-state index contributed by atoms with van der Waals surface area (Å²) in [5, 5.41) is 6.74. The average molecular weight is 384 g/mol. The number of aliphatic imine (C=N–C) groups is 1. The van der Waals surface area contributed by atoms with Crippen molar-refractivity contribution in [3.05, 3.63) is 35.4 Å². The quantitative estimate of drug-likeness (QED) is 0.605. The van der Waals surface area contributed by atoms with Crippen molar-refractivity contribution in [2.45, 2.75) is 44.1 Å². The minimum atomic E-state index is -4.28. The summed E-state index contributed by atoms with van der Waals surface area (Å²) in [6.07, 6.45) is -0.869. The van der Waals surface area contributed by atoms with E-state index in [2.05, 4.69) is 20.5 Å². The van der Waals surface area contributed by atoms with Crippen LogP contribution in [0, 0.1) is 0 Å². The van der Waals surface area contributed by atoms with Gasteiger partial charge in [-0.1, -0.05) is 12.1 Å². The number of hydrogen-bond acceptors (Lipinski definition) is 3. The van der Waals surface area contributed by atoms with Gasteiger partial charge in [-0.3, -0.25) is 9.89 Å². The molecule has 2 atom stereocenters. The highest BCUT2D eigenvalue weighted by molar-refractivity contribution is 5.80. The third-order valence-electron chi connectivity index (χ3n) is 5.05. The molecule has 0 bridgehead atoms. The van der Waals surface area contributed by atoms with Gasteiger partial charge in [0.25, 0.3) is 0 Å². The fourth-order valence-corrected chi connectivity index (χ4v) is 3.56. The normalized spacial score (nSPS) is 24.4. The Morgan fingerprint density at radius 3 is 2.67 bits per heavy atom. The molecule has 3 rings (SSSR count). The number of alkyl halides is 3. The van der Waals surface area contributed by atoms with E-state index in [0.717, 1.165) is 69.2 Å². The van der Waals surface area contributed by atoms with Crippen LogP contribution in [0.3, 0.4) is 0 Å². The Labute approximate surface area is 158 Å². The molecule has 0 radical (unpaired) electrons. The van der Waals surface area contributed by atoms with E-state index in [1.54, 1.807) is 19.2 Å². The van der Waals surface area contributed by atoms with Crippen molar-refractivity contribution in [3.63, 3.8) is 0 Å². The second-order valence-corrected chi connectivity index (χ2v) is 7.15. The first-order chi connectivity index (χ1) is 12.9. The van der Waals surface area contributed by atoms with Crippen LogP contribution in [-0.4, -0.2) is 56.3 Å². The lowest BCUT2D eigenvalue weighted by atomic mass is 10.1. The van der Waals surface area contributed by atoms with Crippen LogP contribution in [0.5, 0.6) is 0 Å². The highest BCUT2D eigenvalue weighted by atomic mass is 19.4. The van der Waals surface area contributed by atoms with Crippen LogP contribution in [0.4, 0.5) is 13.2 Å². The lowest BCUT2D eigenvalue weighted by Gasteiger charge is -2.20. The lowest BCUT2D eigenvalue weighted by Crippen LogP contribution is -2.46. The first-order valence-corrected chi connectivity index (χ1v) is 9.41. The Balaban J connectivity index is 1.43. The first kappa shape index (κ1) is 19.9. The number of rotatable bonds is 5. The number of guanidine groups is 1. The van der Waals surface area contributed by atoms with E-state index < -0.39 is 11.7 Å². The number of ether oxygens (including phenoxy) is 1. The molecule has 2 aliphatic rings. The van der Waals surface area contributed by atoms with Gasteiger partial charge in [0.2, 0.25) is 0 Å². The molecule has 0 spiro atoms. The summed E-state index contributed by atoms with van der Waals surface area (Å²) >= 11 is 0. The lowest BCUT2D eigenvalue weighted by molar-refractivity contribution is -0.137. The van der Waals surface area contributed by atoms with E-state index in [9.17, 15) is 13.2 Å². The van der Waals surface area contributed by atoms with Crippen molar-refractivity contribution in [2.75, 3.05) is 33.3 Å². The van der Waals surface area contributed by atoms with E-state index in [-0.39, 0.29) is 12.1 Å². The topological polar surface area (TPSA) is 48.9 Å². The number of hydrogen-bond donors (Lipinski definition) is 2. The number of benzene rings is 1. The molecule has 0 aromatic heterocycles. The Kier molecular flexibility index (Phi) is 6.59. The summed E-state index contributed by atoms with van der Waals surface area (Å²) in [6.45, 7) is 3.98. The molecule has 5 nitrogen and oxygen atoms in total. The summed E-state index contributed by atoms with van der Waals surface area (Å²) in [4.78, 5) is 6.51. The average Bonchev–Trinajstić information content (AvgIpc) is 3.30. The van der Waals surface area contributed by atoms with Crippen molar-refractivity contribution < 1.29 is 17.9 Å². The summed E-state index contributed by atoms with van der Waals surface area (Å²) in [7, 11) is 1.75. The van der Waals surface area contributed by atoms with Gasteiger partial charge in [0.15, 0.2) is 5.96 Å². The van der Waals surface area contributed by atoms with Gasteiger partial charge in [0.1, 0.15) is 0 Å². The molecule has 0 saturated carbocycles. The molecule has 2 aliphatic heterocycles. The molecule has 0 aliphatic carbocycles. The Bertz CT molecular complexity index is 627. The largest absolute Gasteiger partial charge is 0.416 e. The van der Waals surface area contributed by atoms with Crippen LogP contribution >= 0.6 is 0 Å². The van der Waals surface area contributed by atoms with Gasteiger partial charge in [-0.15, -0.1) is 0 Å². The van der Waals surface area contributed by atoms with Gasteiger partial charge >= 0.3 is 6.18 Å². The summed E-state index contributed by atoms with van der Waals surface area (Å²) < 4.78 is 43.6. The van der Waals surface area contributed by atoms with E-state index in [0.29, 0.717) is 6.54 Å². The number of nitrogens with one attached hydrogen (secondary N) is 2. The standard InChI is InChI=1S/C19H27F3N4O/c1-23-18(24-11-17-3-2-10-27-17)25-16-8-9-26(13-16)12-14-4-6-15(7-5-14)19(20,21)22/h4-7,16-17H,2-3,8-13H2,1H3,(H2,23,24,25). The van der Waals surface area contributed by atoms with Crippen molar-refractivity contribution in [2.24, 2.45) is 4.99 Å². The van der Waals surface area contributed by atoms with Gasteiger partial charge in [-0.2, -0.15) is 13.2 Å². The zero-order valence-electron chi connectivity index (χ0n) is 15.6. The zero-order valence-corrected chi connectivity index (χ0v) is 15.6. The maximum Gasteiger partial charge on any atom is 0.416 e. The van der Waals surface area contributed by atoms with Gasteiger partial charge in [0, 0.05) is 45.9 Å². The third kappa shape index (κ3) is 5.84. The molecule has 27 heavy (non-hydrogen) atoms. The minimum absolute atomic E-state index is 0.253. The molecule has 2 saturated heterocycles. The number of halogens is 3. The summed E-state index contributed by atoms with van der Waals surface area (Å²) in [5.74, 6) is 0.770. The van der Waals surface area contributed by atoms with Crippen LogP contribution in [0.1, 0.15) is 30.4 Å². The molecule has 1 aromatic carbocycles. The third-order valence-corrected chi connectivity index (χ3v) is 5.05. The Morgan fingerprint density at radius 1 is 1.26 bits per heavy atom. The SMILES string of the molecule is CN=C(NCC1CCCO1)NC1CCN(Cc2ccc(C(F)(F)F)cc2)C1. The van der Waals surface area contributed by atoms with E-state index in [1.807, 2.05) is 0 Å². The first-order valence-electron chi connectivity index (χ1n) is 9.41. The monoisotopic (exact) mass is 384 g/mol. The molecule has 1 aromatic rings. The predicted molar refractivity (Wildman–Crippen MR) is 98.6 cm³/mol. The highest BCUT2D eigenvalue weighted by Crippen LogP contribution is 2.29. The molecule has 2 unspecified atom stereocenters. The fraction of sp³-hybridized carbons (Fsp3) is 0.632. The molecule has 2 heterocycles. The fourth-order valence-electron chi connectivity index (χ4n) is 3.56. The van der Waals surface area contributed by atoms with Gasteiger partial charge in [-0.05, 0) is 37.0 Å². The predicted octanol–water partition coefficient (Wildman–Crippen LogP) is 2.62. The molecular formula is C19H27F3N4O. The zero-order chi connectivity index (χ0) is 19.3. The van der Waals surface area contributed by atoms with Crippen molar-refractivity contribution in [3.8, 4) is 0 Å². The molecule has 8 heteroatoms. The Hall–Kier alpha value is -1.80. The van der Waals surface area contributed by atoms with Gasteiger partial charge < -0.3 is 15.4 Å². The van der Waals surface area contributed by atoms with Gasteiger partial charge in [-0.25, -0.2) is 0 Å². The van der Waals surface area contributed by atoms with Crippen molar-refractivity contribution in [1.29, 1.82) is 0 Å². The molecule has 150 valence electrons. The number of likely N-dealkylation sites (tertiary alicyclic amines) is 1. The van der Waals surface area contributed by atoms with Crippen LogP contribution in [-0.2, 0) is 17.5 Å². The minimum Gasteiger partial charge on any atom is -0.376 e. The van der Waals surface area contributed by atoms with Crippen LogP contribution < -0.4 is 10.6 Å². The van der Waals surface area contributed by atoms with Crippen molar-refractivity contribution in [1.82, 2.24) is 15.5 Å². The van der Waals surface area contributed by atoms with E-state index >= 15 is 0 Å². The number of nitrogens with zero attached hydrogens (tertiary/aromatic N) is 2. The van der Waals surface area contributed by atoms with Gasteiger partial charge in [0.05, 0.1) is 11.7 Å². The molecular weight excluding hydrogens is 357 g/mol. The molecule has 2 N–H and O–H groups in total. The second-order valence-electron chi connectivity index (χ2n) is 7.15. The molecule has 2 fully saturated rings.